The van der Waals surface area contributed by atoms with Crippen LogP contribution >= 0.6 is 0 Å². The second-order valence-corrected chi connectivity index (χ2v) is 5.16. The molecule has 1 heterocycles. The Labute approximate surface area is 106 Å². The number of nitrogens with one attached hydrogen (secondary N) is 3. The van der Waals surface area contributed by atoms with E-state index >= 15 is 0 Å². The molecule has 1 aromatic heterocycles. The van der Waals surface area contributed by atoms with Gasteiger partial charge in [0.25, 0.3) is 5.91 Å². The smallest absolute Gasteiger partial charge is 0.290 e. The molecule has 2 aliphatic rings. The lowest BCUT2D eigenvalue weighted by Gasteiger charge is -2.03. The highest BCUT2D eigenvalue weighted by molar-refractivity contribution is 5.90. The average molecular weight is 249 g/mol. The summed E-state index contributed by atoms with van der Waals surface area (Å²) in [6.45, 7) is 1.64. The molecule has 2 saturated carbocycles. The number of rotatable bonds is 7. The SMILES string of the molecule is O=C(NCCCNC1CC1)c1n[nH]c(C2CC2)n1. The van der Waals surface area contributed by atoms with Gasteiger partial charge in [0.05, 0.1) is 0 Å². The van der Waals surface area contributed by atoms with E-state index in [0.717, 1.165) is 37.7 Å². The van der Waals surface area contributed by atoms with Gasteiger partial charge in [-0.3, -0.25) is 9.89 Å². The summed E-state index contributed by atoms with van der Waals surface area (Å²) < 4.78 is 0. The van der Waals surface area contributed by atoms with Crippen LogP contribution in [-0.4, -0.2) is 40.2 Å². The van der Waals surface area contributed by atoms with E-state index in [9.17, 15) is 4.79 Å². The van der Waals surface area contributed by atoms with E-state index in [4.69, 9.17) is 0 Å². The zero-order chi connectivity index (χ0) is 12.4. The van der Waals surface area contributed by atoms with Crippen LogP contribution < -0.4 is 10.6 Å². The monoisotopic (exact) mass is 249 g/mol. The summed E-state index contributed by atoms with van der Waals surface area (Å²) >= 11 is 0. The van der Waals surface area contributed by atoms with Gasteiger partial charge in [-0.05, 0) is 38.6 Å². The molecular formula is C12H19N5O. The molecule has 0 aliphatic heterocycles. The van der Waals surface area contributed by atoms with Gasteiger partial charge in [-0.25, -0.2) is 4.98 Å². The van der Waals surface area contributed by atoms with Crippen LogP contribution in [0.2, 0.25) is 0 Å². The Bertz CT molecular complexity index is 422. The fourth-order valence-electron chi connectivity index (χ4n) is 1.88. The topological polar surface area (TPSA) is 82.7 Å². The third kappa shape index (κ3) is 3.07. The highest BCUT2D eigenvalue weighted by atomic mass is 16.2. The van der Waals surface area contributed by atoms with Gasteiger partial charge in [0, 0.05) is 18.5 Å². The molecule has 6 nitrogen and oxygen atoms in total. The molecule has 0 atom stereocenters. The van der Waals surface area contributed by atoms with Gasteiger partial charge in [-0.15, -0.1) is 5.10 Å². The van der Waals surface area contributed by atoms with Crippen molar-refractivity contribution in [2.24, 2.45) is 0 Å². The maximum Gasteiger partial charge on any atom is 0.290 e. The second-order valence-electron chi connectivity index (χ2n) is 5.16. The van der Waals surface area contributed by atoms with Gasteiger partial charge >= 0.3 is 0 Å². The highest BCUT2D eigenvalue weighted by Gasteiger charge is 2.28. The number of aromatic amines is 1. The lowest BCUT2D eigenvalue weighted by molar-refractivity contribution is 0.0943. The van der Waals surface area contributed by atoms with Crippen molar-refractivity contribution in [2.75, 3.05) is 13.1 Å². The minimum absolute atomic E-state index is 0.176. The van der Waals surface area contributed by atoms with Crippen molar-refractivity contribution in [3.05, 3.63) is 11.6 Å². The highest BCUT2D eigenvalue weighted by Crippen LogP contribution is 2.37. The summed E-state index contributed by atoms with van der Waals surface area (Å²) in [5, 5.41) is 13.0. The Morgan fingerprint density at radius 3 is 2.83 bits per heavy atom. The van der Waals surface area contributed by atoms with Crippen molar-refractivity contribution in [1.29, 1.82) is 0 Å². The normalized spacial score (nSPS) is 18.9. The third-order valence-corrected chi connectivity index (χ3v) is 3.32. The predicted octanol–water partition coefficient (Wildman–Crippen LogP) is 0.554. The molecule has 0 unspecified atom stereocenters. The molecule has 18 heavy (non-hydrogen) atoms. The molecule has 2 fully saturated rings. The van der Waals surface area contributed by atoms with Crippen molar-refractivity contribution in [2.45, 2.75) is 44.1 Å². The van der Waals surface area contributed by atoms with E-state index in [-0.39, 0.29) is 11.7 Å². The van der Waals surface area contributed by atoms with Crippen molar-refractivity contribution in [1.82, 2.24) is 25.8 Å². The van der Waals surface area contributed by atoms with Gasteiger partial charge in [0.15, 0.2) is 0 Å². The van der Waals surface area contributed by atoms with E-state index in [1.54, 1.807) is 0 Å². The van der Waals surface area contributed by atoms with Crippen LogP contribution in [0.3, 0.4) is 0 Å². The van der Waals surface area contributed by atoms with Crippen LogP contribution in [0.1, 0.15) is 54.5 Å². The maximum atomic E-state index is 11.7. The molecule has 1 aromatic rings. The molecule has 98 valence electrons. The molecule has 1 amide bonds. The number of nitrogens with zero attached hydrogens (tertiary/aromatic N) is 2. The van der Waals surface area contributed by atoms with E-state index in [0.29, 0.717) is 12.5 Å². The number of carbonyl (C=O) groups is 1. The first-order valence-electron chi connectivity index (χ1n) is 6.77. The lowest BCUT2D eigenvalue weighted by atomic mass is 10.4. The van der Waals surface area contributed by atoms with Crippen LogP contribution in [0.5, 0.6) is 0 Å². The van der Waals surface area contributed by atoms with Crippen LogP contribution in [0.25, 0.3) is 0 Å². The molecule has 0 radical (unpaired) electrons. The second kappa shape index (κ2) is 5.06. The van der Waals surface area contributed by atoms with Crippen molar-refractivity contribution < 1.29 is 4.79 Å². The van der Waals surface area contributed by atoms with E-state index in [2.05, 4.69) is 25.8 Å². The first-order valence-corrected chi connectivity index (χ1v) is 6.77. The number of aromatic nitrogens is 3. The number of hydrogen-bond donors (Lipinski definition) is 3. The van der Waals surface area contributed by atoms with Gasteiger partial charge in [0.1, 0.15) is 5.82 Å². The van der Waals surface area contributed by atoms with E-state index in [1.165, 1.54) is 12.8 Å². The quantitative estimate of drug-likeness (QED) is 0.616. The van der Waals surface area contributed by atoms with Crippen LogP contribution in [-0.2, 0) is 0 Å². The molecule has 0 spiro atoms. The van der Waals surface area contributed by atoms with Gasteiger partial charge in [0.2, 0.25) is 5.82 Å². The van der Waals surface area contributed by atoms with Crippen LogP contribution in [0.4, 0.5) is 0 Å². The Morgan fingerprint density at radius 1 is 1.28 bits per heavy atom. The Kier molecular flexibility index (Phi) is 3.27. The average Bonchev–Trinajstić information content (AvgIpc) is 3.29. The van der Waals surface area contributed by atoms with Gasteiger partial charge in [-0.2, -0.15) is 0 Å². The van der Waals surface area contributed by atoms with E-state index in [1.807, 2.05) is 0 Å². The predicted molar refractivity (Wildman–Crippen MR) is 66.3 cm³/mol. The van der Waals surface area contributed by atoms with Gasteiger partial charge in [-0.1, -0.05) is 0 Å². The molecule has 3 rings (SSSR count). The Balaban J connectivity index is 1.36. The standard InChI is InChI=1S/C12H19N5O/c18-12(14-7-1-6-13-9-4-5-9)11-15-10(16-17-11)8-2-3-8/h8-9,13H,1-7H2,(H,14,18)(H,15,16,17). The summed E-state index contributed by atoms with van der Waals surface area (Å²) in [4.78, 5) is 15.9. The number of carbonyl (C=O) groups excluding carboxylic acids is 1. The molecule has 3 N–H and O–H groups in total. The summed E-state index contributed by atoms with van der Waals surface area (Å²) in [5.74, 6) is 1.45. The van der Waals surface area contributed by atoms with Crippen LogP contribution in [0, 0.1) is 0 Å². The first-order chi connectivity index (χ1) is 8.83. The summed E-state index contributed by atoms with van der Waals surface area (Å²) in [6, 6.07) is 0.731. The number of hydrogen-bond acceptors (Lipinski definition) is 4. The van der Waals surface area contributed by atoms with E-state index < -0.39 is 0 Å². The largest absolute Gasteiger partial charge is 0.349 e. The van der Waals surface area contributed by atoms with Crippen molar-refractivity contribution in [3.8, 4) is 0 Å². The third-order valence-electron chi connectivity index (χ3n) is 3.32. The minimum atomic E-state index is -0.176. The molecule has 2 aliphatic carbocycles. The summed E-state index contributed by atoms with van der Waals surface area (Å²) in [6.07, 6.45) is 5.86. The van der Waals surface area contributed by atoms with Crippen LogP contribution in [0.15, 0.2) is 0 Å². The molecular weight excluding hydrogens is 230 g/mol. The van der Waals surface area contributed by atoms with Crippen molar-refractivity contribution >= 4 is 5.91 Å². The lowest BCUT2D eigenvalue weighted by Crippen LogP contribution is -2.28. The molecule has 6 heteroatoms. The maximum absolute atomic E-state index is 11.7. The molecule has 0 bridgehead atoms. The zero-order valence-electron chi connectivity index (χ0n) is 10.4. The fraction of sp³-hybridized carbons (Fsp3) is 0.750. The van der Waals surface area contributed by atoms with Crippen molar-refractivity contribution in [3.63, 3.8) is 0 Å². The first kappa shape index (κ1) is 11.6. The van der Waals surface area contributed by atoms with Gasteiger partial charge < -0.3 is 10.6 Å². The molecule has 0 aromatic carbocycles. The Hall–Kier alpha value is -1.43. The zero-order valence-corrected chi connectivity index (χ0v) is 10.4. The minimum Gasteiger partial charge on any atom is -0.349 e. The summed E-state index contributed by atoms with van der Waals surface area (Å²) in [5.41, 5.74) is 0. The fourth-order valence-corrected chi connectivity index (χ4v) is 1.88. The number of H-pyrrole nitrogens is 1. The number of amides is 1. The summed E-state index contributed by atoms with van der Waals surface area (Å²) in [7, 11) is 0. The Morgan fingerprint density at radius 2 is 2.11 bits per heavy atom. The molecule has 0 saturated heterocycles.